The number of rotatable bonds is 62. The number of ether oxygens (including phenoxy) is 1. The third-order valence-corrected chi connectivity index (χ3v) is 15.5. The Kier molecular flexibility index (Phi) is 61.4. The van der Waals surface area contributed by atoms with Gasteiger partial charge in [0.25, 0.3) is 0 Å². The van der Waals surface area contributed by atoms with Crippen LogP contribution >= 0.6 is 0 Å². The summed E-state index contributed by atoms with van der Waals surface area (Å²) >= 11 is 0. The van der Waals surface area contributed by atoms with E-state index in [1.807, 2.05) is 6.08 Å². The van der Waals surface area contributed by atoms with Crippen LogP contribution in [0, 0.1) is 0 Å². The third kappa shape index (κ3) is 59.4. The molecule has 0 heterocycles. The number of hydrogen-bond acceptors (Lipinski definition) is 5. The van der Waals surface area contributed by atoms with Crippen LogP contribution in [-0.2, 0) is 14.3 Å². The van der Waals surface area contributed by atoms with Crippen molar-refractivity contribution in [3.05, 3.63) is 24.3 Å². The van der Waals surface area contributed by atoms with E-state index in [1.165, 1.54) is 295 Å². The lowest BCUT2D eigenvalue weighted by atomic mass is 10.0. The Morgan fingerprint density at radius 2 is 0.644 bits per heavy atom. The summed E-state index contributed by atoms with van der Waals surface area (Å²) in [7, 11) is 0. The number of aliphatic hydroxyl groups is 2. The predicted octanol–water partition coefficient (Wildman–Crippen LogP) is 21.0. The Labute approximate surface area is 456 Å². The molecule has 0 rings (SSSR count). The third-order valence-electron chi connectivity index (χ3n) is 15.5. The largest absolute Gasteiger partial charge is 0.466 e. The zero-order valence-corrected chi connectivity index (χ0v) is 49.4. The normalized spacial score (nSPS) is 12.7. The number of unbranched alkanes of at least 4 members (excludes halogenated alkanes) is 49. The van der Waals surface area contributed by atoms with Gasteiger partial charge in [-0.2, -0.15) is 0 Å². The van der Waals surface area contributed by atoms with E-state index in [1.54, 1.807) is 6.08 Å². The maximum absolute atomic E-state index is 12.4. The molecule has 432 valence electrons. The van der Waals surface area contributed by atoms with Crippen molar-refractivity contribution >= 4 is 11.9 Å². The minimum absolute atomic E-state index is 0.0132. The fraction of sp³-hybridized carbons (Fsp3) is 0.910. The molecule has 2 atom stereocenters. The molecular formula is C67H129NO5. The van der Waals surface area contributed by atoms with Crippen LogP contribution in [0.4, 0.5) is 0 Å². The molecule has 0 bridgehead atoms. The second-order valence-electron chi connectivity index (χ2n) is 22.8. The van der Waals surface area contributed by atoms with Gasteiger partial charge in [0.1, 0.15) is 0 Å². The van der Waals surface area contributed by atoms with E-state index in [2.05, 4.69) is 31.3 Å². The van der Waals surface area contributed by atoms with Crippen molar-refractivity contribution in [1.82, 2.24) is 5.32 Å². The van der Waals surface area contributed by atoms with E-state index in [4.69, 9.17) is 4.74 Å². The molecule has 0 aliphatic carbocycles. The van der Waals surface area contributed by atoms with Gasteiger partial charge in [0.05, 0.1) is 25.4 Å². The topological polar surface area (TPSA) is 95.9 Å². The van der Waals surface area contributed by atoms with E-state index >= 15 is 0 Å². The van der Waals surface area contributed by atoms with Gasteiger partial charge < -0.3 is 20.3 Å². The summed E-state index contributed by atoms with van der Waals surface area (Å²) in [6.45, 7) is 4.89. The molecule has 0 aromatic carbocycles. The van der Waals surface area contributed by atoms with Gasteiger partial charge in [-0.25, -0.2) is 0 Å². The minimum atomic E-state index is -0.838. The zero-order valence-electron chi connectivity index (χ0n) is 49.4. The molecule has 3 N–H and O–H groups in total. The van der Waals surface area contributed by atoms with Gasteiger partial charge in [0, 0.05) is 12.8 Å². The highest BCUT2D eigenvalue weighted by Crippen LogP contribution is 2.18. The molecule has 0 aliphatic rings. The van der Waals surface area contributed by atoms with Crippen LogP contribution < -0.4 is 5.32 Å². The van der Waals surface area contributed by atoms with Crippen molar-refractivity contribution in [2.75, 3.05) is 13.2 Å². The van der Waals surface area contributed by atoms with Crippen molar-refractivity contribution in [3.8, 4) is 0 Å². The smallest absolute Gasteiger partial charge is 0.305 e. The lowest BCUT2D eigenvalue weighted by Gasteiger charge is -2.20. The van der Waals surface area contributed by atoms with Crippen LogP contribution in [0.3, 0.4) is 0 Å². The van der Waals surface area contributed by atoms with Crippen LogP contribution in [0.15, 0.2) is 24.3 Å². The molecule has 6 nitrogen and oxygen atoms in total. The number of amides is 1. The summed E-state index contributed by atoms with van der Waals surface area (Å²) in [6.07, 6.45) is 78.4. The lowest BCUT2D eigenvalue weighted by Crippen LogP contribution is -2.45. The molecule has 0 aliphatic heterocycles. The number of nitrogens with one attached hydrogen (secondary N) is 1. The molecule has 6 heteroatoms. The van der Waals surface area contributed by atoms with Crippen LogP contribution in [-0.4, -0.2) is 47.4 Å². The summed E-state index contributed by atoms with van der Waals surface area (Å²) in [6, 6.07) is -0.621. The Bertz CT molecular complexity index is 1140. The average molecular weight is 1030 g/mol. The van der Waals surface area contributed by atoms with Crippen molar-refractivity contribution in [2.45, 2.75) is 379 Å². The first-order valence-corrected chi connectivity index (χ1v) is 33.1. The van der Waals surface area contributed by atoms with Gasteiger partial charge in [0.15, 0.2) is 0 Å². The fourth-order valence-electron chi connectivity index (χ4n) is 10.4. The van der Waals surface area contributed by atoms with Crippen LogP contribution in [0.1, 0.15) is 367 Å². The molecule has 0 aromatic heterocycles. The van der Waals surface area contributed by atoms with Gasteiger partial charge >= 0.3 is 5.97 Å². The standard InChI is InChI=1S/C67H129NO5/c1-3-5-7-9-11-13-14-15-34-38-41-45-49-53-57-61-67(72)73-62-58-54-50-46-42-39-36-33-31-29-27-25-23-21-19-17-16-18-20-22-24-26-28-30-32-35-37-40-44-48-52-56-60-66(71)68-64(63-69)65(70)59-55-51-47-43-12-10-8-6-4-2/h15,34,55,59,64-65,69-70H,3-14,16-33,35-54,56-58,60-63H2,1-2H3,(H,68,71)/b34-15-,59-55+. The quantitative estimate of drug-likeness (QED) is 0.0320. The monoisotopic (exact) mass is 1030 g/mol. The van der Waals surface area contributed by atoms with Crippen molar-refractivity contribution in [1.29, 1.82) is 0 Å². The van der Waals surface area contributed by atoms with Gasteiger partial charge in [-0.1, -0.05) is 321 Å². The van der Waals surface area contributed by atoms with Crippen molar-refractivity contribution < 1.29 is 24.5 Å². The first-order valence-electron chi connectivity index (χ1n) is 33.1. The van der Waals surface area contributed by atoms with Crippen molar-refractivity contribution in [2.24, 2.45) is 0 Å². The number of carbonyl (C=O) groups excluding carboxylic acids is 2. The van der Waals surface area contributed by atoms with E-state index in [-0.39, 0.29) is 18.5 Å². The molecule has 0 spiro atoms. The molecule has 0 saturated carbocycles. The molecule has 0 saturated heterocycles. The summed E-state index contributed by atoms with van der Waals surface area (Å²) in [5.41, 5.74) is 0. The van der Waals surface area contributed by atoms with E-state index in [0.717, 1.165) is 44.9 Å². The van der Waals surface area contributed by atoms with E-state index < -0.39 is 12.1 Å². The SMILES string of the molecule is CCCCCCCC/C=C\CCCCCCCC(=O)OCCCCCCCCCCCCCCCCCCCCCCCCCCCCCCCCCCC(=O)NC(CO)C(O)/C=C/CCCCCCCCC. The van der Waals surface area contributed by atoms with E-state index in [9.17, 15) is 19.8 Å². The first-order chi connectivity index (χ1) is 36.0. The molecule has 0 aromatic rings. The summed E-state index contributed by atoms with van der Waals surface area (Å²) in [4.78, 5) is 24.5. The average Bonchev–Trinajstić information content (AvgIpc) is 3.39. The molecule has 73 heavy (non-hydrogen) atoms. The van der Waals surface area contributed by atoms with E-state index in [0.29, 0.717) is 19.4 Å². The van der Waals surface area contributed by atoms with Gasteiger partial charge in [0.2, 0.25) is 5.91 Å². The van der Waals surface area contributed by atoms with Crippen LogP contribution in [0.5, 0.6) is 0 Å². The summed E-state index contributed by atoms with van der Waals surface area (Å²) < 4.78 is 5.49. The number of hydrogen-bond donors (Lipinski definition) is 3. The molecule has 1 amide bonds. The maximum atomic E-state index is 12.4. The number of aliphatic hydroxyl groups excluding tert-OH is 2. The molecule has 0 fully saturated rings. The Morgan fingerprint density at radius 1 is 0.370 bits per heavy atom. The van der Waals surface area contributed by atoms with Crippen molar-refractivity contribution in [3.63, 3.8) is 0 Å². The highest BCUT2D eigenvalue weighted by atomic mass is 16.5. The molecule has 2 unspecified atom stereocenters. The number of allylic oxidation sites excluding steroid dienone is 3. The highest BCUT2D eigenvalue weighted by Gasteiger charge is 2.18. The minimum Gasteiger partial charge on any atom is -0.466 e. The predicted molar refractivity (Wildman–Crippen MR) is 320 cm³/mol. The lowest BCUT2D eigenvalue weighted by molar-refractivity contribution is -0.143. The Morgan fingerprint density at radius 3 is 0.973 bits per heavy atom. The molecular weight excluding hydrogens is 899 g/mol. The van der Waals surface area contributed by atoms with Gasteiger partial charge in [-0.05, 0) is 57.8 Å². The first kappa shape index (κ1) is 71.3. The number of carbonyl (C=O) groups is 2. The zero-order chi connectivity index (χ0) is 52.9. The maximum Gasteiger partial charge on any atom is 0.305 e. The Balaban J connectivity index is 3.29. The number of esters is 1. The second kappa shape index (κ2) is 62.9. The highest BCUT2D eigenvalue weighted by molar-refractivity contribution is 5.76. The van der Waals surface area contributed by atoms with Crippen LogP contribution in [0.2, 0.25) is 0 Å². The van der Waals surface area contributed by atoms with Gasteiger partial charge in [-0.15, -0.1) is 0 Å². The fourth-order valence-corrected chi connectivity index (χ4v) is 10.4. The van der Waals surface area contributed by atoms with Gasteiger partial charge in [-0.3, -0.25) is 9.59 Å². The summed E-state index contributed by atoms with van der Waals surface area (Å²) in [5, 5.41) is 23.0. The molecule has 0 radical (unpaired) electrons. The van der Waals surface area contributed by atoms with Crippen LogP contribution in [0.25, 0.3) is 0 Å². The summed E-state index contributed by atoms with van der Waals surface area (Å²) in [5.74, 6) is -0.0517. The second-order valence-corrected chi connectivity index (χ2v) is 22.8. The Hall–Kier alpha value is -1.66.